The van der Waals surface area contributed by atoms with E-state index < -0.39 is 33.7 Å². The average Bonchev–Trinajstić information content (AvgIpc) is 2.76. The van der Waals surface area contributed by atoms with Gasteiger partial charge >= 0.3 is 6.18 Å². The van der Waals surface area contributed by atoms with E-state index in [1.165, 1.54) is 37.3 Å². The maximum absolute atomic E-state index is 12.8. The number of amides is 1. The third-order valence-electron chi connectivity index (χ3n) is 4.39. The first-order chi connectivity index (χ1) is 15.6. The topological polar surface area (TPSA) is 107 Å². The Hall–Kier alpha value is -4.46. The van der Waals surface area contributed by atoms with Crippen molar-refractivity contribution in [2.45, 2.75) is 13.1 Å². The molecule has 0 aliphatic carbocycles. The second kappa shape index (κ2) is 9.35. The Balaban J connectivity index is 1.81. The van der Waals surface area contributed by atoms with Crippen molar-refractivity contribution >= 4 is 11.6 Å². The molecule has 8 nitrogen and oxygen atoms in total. The fraction of sp³-hybridized carbons (Fsp3) is 0.136. The molecule has 0 atom stereocenters. The van der Waals surface area contributed by atoms with Gasteiger partial charge in [0.2, 0.25) is 5.43 Å². The molecular weight excluding hydrogens is 441 g/mol. The third-order valence-corrected chi connectivity index (χ3v) is 4.39. The molecule has 0 radical (unpaired) electrons. The molecular formula is C22H15F3N4O4. The number of nitrogens with one attached hydrogen (secondary N) is 1. The van der Waals surface area contributed by atoms with Crippen molar-refractivity contribution in [2.24, 2.45) is 0 Å². The summed E-state index contributed by atoms with van der Waals surface area (Å²) in [4.78, 5) is 35.4. The zero-order valence-corrected chi connectivity index (χ0v) is 17.0. The number of halogens is 3. The molecule has 0 saturated carbocycles. The smallest absolute Gasteiger partial charge is 0.340 e. The molecule has 168 valence electrons. The van der Waals surface area contributed by atoms with E-state index in [0.717, 1.165) is 22.9 Å². The summed E-state index contributed by atoms with van der Waals surface area (Å²) in [6.07, 6.45) is -4.50. The van der Waals surface area contributed by atoms with Crippen LogP contribution < -0.4 is 10.7 Å². The van der Waals surface area contributed by atoms with Crippen molar-refractivity contribution in [1.82, 2.24) is 15.1 Å². The highest BCUT2D eigenvalue weighted by Crippen LogP contribution is 2.29. The summed E-state index contributed by atoms with van der Waals surface area (Å²) in [5.74, 6) is 4.12. The van der Waals surface area contributed by atoms with E-state index in [4.69, 9.17) is 0 Å². The highest BCUT2D eigenvalue weighted by atomic mass is 19.4. The van der Waals surface area contributed by atoms with Crippen LogP contribution in [0.5, 0.6) is 0 Å². The maximum atomic E-state index is 12.8. The van der Waals surface area contributed by atoms with E-state index in [1.54, 1.807) is 6.07 Å². The van der Waals surface area contributed by atoms with E-state index >= 15 is 0 Å². The predicted octanol–water partition coefficient (Wildman–Crippen LogP) is 3.25. The summed E-state index contributed by atoms with van der Waals surface area (Å²) in [7, 11) is 0. The highest BCUT2D eigenvalue weighted by molar-refractivity contribution is 5.92. The monoisotopic (exact) mass is 456 g/mol. The number of nitro benzene ring substituents is 1. The van der Waals surface area contributed by atoms with Gasteiger partial charge in [-0.2, -0.15) is 18.3 Å². The van der Waals surface area contributed by atoms with Gasteiger partial charge in [-0.05, 0) is 31.2 Å². The van der Waals surface area contributed by atoms with Crippen LogP contribution in [0.4, 0.5) is 18.9 Å². The molecule has 11 heteroatoms. The molecule has 33 heavy (non-hydrogen) atoms. The molecule has 1 aromatic heterocycles. The second-order valence-electron chi connectivity index (χ2n) is 6.72. The second-order valence-corrected chi connectivity index (χ2v) is 6.72. The fourth-order valence-electron chi connectivity index (χ4n) is 2.87. The van der Waals surface area contributed by atoms with Gasteiger partial charge in [0.05, 0.1) is 17.0 Å². The number of rotatable bonds is 4. The van der Waals surface area contributed by atoms with Gasteiger partial charge in [-0.25, -0.2) is 4.68 Å². The average molecular weight is 456 g/mol. The summed E-state index contributed by atoms with van der Waals surface area (Å²) in [6, 6.07) is 11.2. The molecule has 1 N–H and O–H groups in total. The molecule has 3 rings (SSSR count). The number of carbonyl (C=O) groups is 1. The van der Waals surface area contributed by atoms with Crippen LogP contribution in [0.3, 0.4) is 0 Å². The standard InChI is InChI=1S/C22H15F3N4O4/c1-14-12-19(30)20(27-28(14)17-9-2-3-10-18(17)29(32)33)21(31)26-11-5-7-15-6-4-8-16(13-15)22(23,24)25/h2-4,6,8-10,12-13H,11H2,1H3,(H,26,31). The third kappa shape index (κ3) is 5.43. The number of hydrogen-bond donors (Lipinski definition) is 1. The van der Waals surface area contributed by atoms with Crippen molar-refractivity contribution in [3.63, 3.8) is 0 Å². The minimum Gasteiger partial charge on any atom is -0.340 e. The van der Waals surface area contributed by atoms with Gasteiger partial charge < -0.3 is 5.32 Å². The van der Waals surface area contributed by atoms with E-state index in [1.807, 2.05) is 0 Å². The number of hydrogen-bond acceptors (Lipinski definition) is 5. The lowest BCUT2D eigenvalue weighted by Crippen LogP contribution is -2.32. The summed E-state index contributed by atoms with van der Waals surface area (Å²) < 4.78 is 39.4. The number of nitrogens with zero attached hydrogens (tertiary/aromatic N) is 3. The SMILES string of the molecule is Cc1cc(=O)c(C(=O)NCC#Cc2cccc(C(F)(F)F)c2)nn1-c1ccccc1[N+](=O)[O-]. The van der Waals surface area contributed by atoms with Crippen LogP contribution in [-0.4, -0.2) is 27.2 Å². The Bertz CT molecular complexity index is 1350. The molecule has 1 amide bonds. The first-order valence-corrected chi connectivity index (χ1v) is 9.37. The van der Waals surface area contributed by atoms with Crippen molar-refractivity contribution in [3.8, 4) is 17.5 Å². The van der Waals surface area contributed by atoms with E-state index in [0.29, 0.717) is 0 Å². The lowest BCUT2D eigenvalue weighted by molar-refractivity contribution is -0.384. The minimum atomic E-state index is -4.50. The molecule has 0 fully saturated rings. The lowest BCUT2D eigenvalue weighted by atomic mass is 10.1. The summed E-state index contributed by atoms with van der Waals surface area (Å²) in [5, 5.41) is 17.6. The molecule has 0 saturated heterocycles. The van der Waals surface area contributed by atoms with Crippen molar-refractivity contribution in [2.75, 3.05) is 6.54 Å². The first-order valence-electron chi connectivity index (χ1n) is 9.37. The Kier molecular flexibility index (Phi) is 6.58. The number of aryl methyl sites for hydroxylation is 1. The van der Waals surface area contributed by atoms with Gasteiger partial charge in [0, 0.05) is 23.4 Å². The molecule has 2 aromatic carbocycles. The number of nitro groups is 1. The summed E-state index contributed by atoms with van der Waals surface area (Å²) >= 11 is 0. The Labute approximate surface area is 184 Å². The highest BCUT2D eigenvalue weighted by Gasteiger charge is 2.30. The van der Waals surface area contributed by atoms with Crippen LogP contribution in [-0.2, 0) is 6.18 Å². The van der Waals surface area contributed by atoms with Crippen molar-refractivity contribution < 1.29 is 22.9 Å². The zero-order valence-electron chi connectivity index (χ0n) is 17.0. The van der Waals surface area contributed by atoms with Gasteiger partial charge in [-0.1, -0.05) is 30.0 Å². The number of carbonyl (C=O) groups excluding carboxylic acids is 1. The van der Waals surface area contributed by atoms with Crippen LogP contribution in [0.1, 0.15) is 27.3 Å². The quantitative estimate of drug-likeness (QED) is 0.369. The Morgan fingerprint density at radius 1 is 1.18 bits per heavy atom. The molecule has 0 aliphatic rings. The Morgan fingerprint density at radius 2 is 1.91 bits per heavy atom. The molecule has 1 heterocycles. The molecule has 3 aromatic rings. The van der Waals surface area contributed by atoms with Crippen LogP contribution >= 0.6 is 0 Å². The summed E-state index contributed by atoms with van der Waals surface area (Å²) in [5.41, 5.74) is -1.89. The molecule has 0 unspecified atom stereocenters. The number of para-hydroxylation sites is 2. The van der Waals surface area contributed by atoms with Crippen LogP contribution in [0, 0.1) is 28.9 Å². The summed E-state index contributed by atoms with van der Waals surface area (Å²) in [6.45, 7) is 1.24. The molecule has 0 spiro atoms. The molecule has 0 bridgehead atoms. The predicted molar refractivity (Wildman–Crippen MR) is 112 cm³/mol. The van der Waals surface area contributed by atoms with Crippen LogP contribution in [0.25, 0.3) is 5.69 Å². The van der Waals surface area contributed by atoms with E-state index in [-0.39, 0.29) is 29.2 Å². The van der Waals surface area contributed by atoms with Crippen LogP contribution in [0.15, 0.2) is 59.4 Å². The van der Waals surface area contributed by atoms with Gasteiger partial charge in [-0.3, -0.25) is 19.7 Å². The minimum absolute atomic E-state index is 0.0680. The van der Waals surface area contributed by atoms with Gasteiger partial charge in [-0.15, -0.1) is 0 Å². The lowest BCUT2D eigenvalue weighted by Gasteiger charge is -2.11. The van der Waals surface area contributed by atoms with Crippen molar-refractivity contribution in [1.29, 1.82) is 0 Å². The largest absolute Gasteiger partial charge is 0.416 e. The first kappa shape index (κ1) is 23.2. The zero-order chi connectivity index (χ0) is 24.2. The van der Waals surface area contributed by atoms with Gasteiger partial charge in [0.25, 0.3) is 11.6 Å². The number of alkyl halides is 3. The molecule has 0 aliphatic heterocycles. The van der Waals surface area contributed by atoms with Gasteiger partial charge in [0.1, 0.15) is 5.69 Å². The van der Waals surface area contributed by atoms with E-state index in [9.17, 15) is 32.9 Å². The Morgan fingerprint density at radius 3 is 2.61 bits per heavy atom. The fourth-order valence-corrected chi connectivity index (χ4v) is 2.87. The maximum Gasteiger partial charge on any atom is 0.416 e. The van der Waals surface area contributed by atoms with E-state index in [2.05, 4.69) is 22.3 Å². The number of aromatic nitrogens is 2. The number of benzene rings is 2. The van der Waals surface area contributed by atoms with Crippen molar-refractivity contribution in [3.05, 3.63) is 97.4 Å². The van der Waals surface area contributed by atoms with Gasteiger partial charge in [0.15, 0.2) is 5.69 Å². The van der Waals surface area contributed by atoms with Crippen LogP contribution in [0.2, 0.25) is 0 Å². The normalized spacial score (nSPS) is 10.8.